The summed E-state index contributed by atoms with van der Waals surface area (Å²) in [5.41, 5.74) is 1.27. The topological polar surface area (TPSA) is 74.6 Å². The Morgan fingerprint density at radius 1 is 1.14 bits per heavy atom. The van der Waals surface area contributed by atoms with E-state index >= 15 is 0 Å². The molecule has 22 heavy (non-hydrogen) atoms. The van der Waals surface area contributed by atoms with Crippen LogP contribution in [-0.4, -0.2) is 23.9 Å². The van der Waals surface area contributed by atoms with Gasteiger partial charge in [-0.05, 0) is 30.3 Å². The van der Waals surface area contributed by atoms with Crippen molar-refractivity contribution in [2.75, 3.05) is 17.7 Å². The summed E-state index contributed by atoms with van der Waals surface area (Å²) < 4.78 is 5.21. The minimum absolute atomic E-state index is 0.0709. The van der Waals surface area contributed by atoms with Crippen molar-refractivity contribution in [1.82, 2.24) is 4.90 Å². The van der Waals surface area contributed by atoms with Crippen LogP contribution in [0, 0.1) is 0 Å². The molecule has 3 amide bonds. The van der Waals surface area contributed by atoms with Gasteiger partial charge in [0.1, 0.15) is 5.76 Å². The highest BCUT2D eigenvalue weighted by atomic mass is 16.3. The predicted molar refractivity (Wildman–Crippen MR) is 84.6 cm³/mol. The van der Waals surface area contributed by atoms with Crippen LogP contribution in [0.15, 0.2) is 47.1 Å². The number of anilines is 2. The van der Waals surface area contributed by atoms with Crippen LogP contribution in [0.1, 0.15) is 19.1 Å². The average Bonchev–Trinajstić information content (AvgIpc) is 3.00. The molecule has 0 saturated carbocycles. The third-order valence-electron chi connectivity index (χ3n) is 3.04. The summed E-state index contributed by atoms with van der Waals surface area (Å²) >= 11 is 0. The van der Waals surface area contributed by atoms with E-state index in [9.17, 15) is 9.59 Å². The molecule has 0 saturated heterocycles. The number of urea groups is 1. The molecule has 2 N–H and O–H groups in total. The Hall–Kier alpha value is -2.76. The van der Waals surface area contributed by atoms with Gasteiger partial charge in [-0.3, -0.25) is 4.79 Å². The Morgan fingerprint density at radius 2 is 1.86 bits per heavy atom. The number of hydrogen-bond acceptors (Lipinski definition) is 3. The fourth-order valence-corrected chi connectivity index (χ4v) is 1.85. The zero-order valence-corrected chi connectivity index (χ0v) is 12.6. The largest absolute Gasteiger partial charge is 0.467 e. The molecule has 0 spiro atoms. The fourth-order valence-electron chi connectivity index (χ4n) is 1.85. The van der Waals surface area contributed by atoms with Crippen LogP contribution < -0.4 is 10.6 Å². The van der Waals surface area contributed by atoms with Crippen molar-refractivity contribution >= 4 is 23.3 Å². The Kier molecular flexibility index (Phi) is 5.19. The number of nitrogens with one attached hydrogen (secondary N) is 2. The number of benzene rings is 1. The van der Waals surface area contributed by atoms with Crippen LogP contribution in [0.5, 0.6) is 0 Å². The SMILES string of the molecule is CCC(=O)Nc1cccc(NC(=O)N(C)Cc2ccco2)c1. The van der Waals surface area contributed by atoms with Crippen molar-refractivity contribution in [2.24, 2.45) is 0 Å². The number of carbonyl (C=O) groups is 2. The van der Waals surface area contributed by atoms with Crippen LogP contribution in [0.2, 0.25) is 0 Å². The quantitative estimate of drug-likeness (QED) is 0.890. The summed E-state index contributed by atoms with van der Waals surface area (Å²) in [6.07, 6.45) is 1.98. The van der Waals surface area contributed by atoms with Gasteiger partial charge in [0.15, 0.2) is 0 Å². The number of rotatable bonds is 5. The van der Waals surface area contributed by atoms with Gasteiger partial charge in [0, 0.05) is 24.8 Å². The Balaban J connectivity index is 1.96. The molecule has 0 aliphatic rings. The van der Waals surface area contributed by atoms with E-state index < -0.39 is 0 Å². The molecule has 0 unspecified atom stereocenters. The van der Waals surface area contributed by atoms with Gasteiger partial charge in [-0.25, -0.2) is 4.79 Å². The molecule has 1 aromatic heterocycles. The van der Waals surface area contributed by atoms with E-state index in [0.717, 1.165) is 0 Å². The van der Waals surface area contributed by atoms with Crippen molar-refractivity contribution in [1.29, 1.82) is 0 Å². The lowest BCUT2D eigenvalue weighted by Gasteiger charge is -2.17. The summed E-state index contributed by atoms with van der Waals surface area (Å²) in [6, 6.07) is 10.4. The first-order chi connectivity index (χ1) is 10.6. The molecule has 0 aliphatic carbocycles. The minimum Gasteiger partial charge on any atom is -0.467 e. The number of carbonyl (C=O) groups excluding carboxylic acids is 2. The summed E-state index contributed by atoms with van der Waals surface area (Å²) in [4.78, 5) is 25.0. The third-order valence-corrected chi connectivity index (χ3v) is 3.04. The lowest BCUT2D eigenvalue weighted by molar-refractivity contribution is -0.115. The first-order valence-electron chi connectivity index (χ1n) is 7.03. The first kappa shape index (κ1) is 15.6. The molecule has 0 radical (unpaired) electrons. The molecule has 2 aromatic rings. The second-order valence-corrected chi connectivity index (χ2v) is 4.85. The maximum absolute atomic E-state index is 12.1. The van der Waals surface area contributed by atoms with E-state index in [-0.39, 0.29) is 11.9 Å². The Bertz CT molecular complexity index is 638. The Labute approximate surface area is 129 Å². The van der Waals surface area contributed by atoms with Gasteiger partial charge in [-0.15, -0.1) is 0 Å². The summed E-state index contributed by atoms with van der Waals surface area (Å²) in [5, 5.41) is 5.53. The molecule has 0 aliphatic heterocycles. The van der Waals surface area contributed by atoms with Crippen LogP contribution in [0.4, 0.5) is 16.2 Å². The highest BCUT2D eigenvalue weighted by Crippen LogP contribution is 2.16. The number of furan rings is 1. The van der Waals surface area contributed by atoms with Crippen LogP contribution >= 0.6 is 0 Å². The van der Waals surface area contributed by atoms with Gasteiger partial charge in [-0.2, -0.15) is 0 Å². The lowest BCUT2D eigenvalue weighted by Crippen LogP contribution is -2.30. The van der Waals surface area contributed by atoms with E-state index in [2.05, 4.69) is 10.6 Å². The van der Waals surface area contributed by atoms with E-state index in [1.54, 1.807) is 50.6 Å². The number of hydrogen-bond donors (Lipinski definition) is 2. The molecule has 6 heteroatoms. The first-order valence-corrected chi connectivity index (χ1v) is 7.03. The van der Waals surface area contributed by atoms with E-state index in [1.807, 2.05) is 6.07 Å². The molecule has 1 heterocycles. The summed E-state index contributed by atoms with van der Waals surface area (Å²) in [6.45, 7) is 2.16. The van der Waals surface area contributed by atoms with Crippen molar-refractivity contribution in [3.8, 4) is 0 Å². The maximum atomic E-state index is 12.1. The van der Waals surface area contributed by atoms with Crippen molar-refractivity contribution in [2.45, 2.75) is 19.9 Å². The average molecular weight is 301 g/mol. The third kappa shape index (κ3) is 4.37. The summed E-state index contributed by atoms with van der Waals surface area (Å²) in [5.74, 6) is 0.639. The zero-order valence-electron chi connectivity index (χ0n) is 12.6. The fraction of sp³-hybridized carbons (Fsp3) is 0.250. The van der Waals surface area contributed by atoms with Gasteiger partial charge in [0.2, 0.25) is 5.91 Å². The van der Waals surface area contributed by atoms with Gasteiger partial charge in [-0.1, -0.05) is 13.0 Å². The molecule has 2 rings (SSSR count). The van der Waals surface area contributed by atoms with E-state index in [1.165, 1.54) is 4.90 Å². The van der Waals surface area contributed by atoms with Gasteiger partial charge >= 0.3 is 6.03 Å². The van der Waals surface area contributed by atoms with Crippen molar-refractivity contribution in [3.63, 3.8) is 0 Å². The lowest BCUT2D eigenvalue weighted by atomic mass is 10.2. The number of amides is 3. The molecular formula is C16H19N3O3. The second kappa shape index (κ2) is 7.31. The van der Waals surface area contributed by atoms with Crippen molar-refractivity contribution in [3.05, 3.63) is 48.4 Å². The molecular weight excluding hydrogens is 282 g/mol. The molecule has 0 atom stereocenters. The van der Waals surface area contributed by atoms with Crippen LogP contribution in [-0.2, 0) is 11.3 Å². The summed E-state index contributed by atoms with van der Waals surface area (Å²) in [7, 11) is 1.68. The predicted octanol–water partition coefficient (Wildman–Crippen LogP) is 3.29. The van der Waals surface area contributed by atoms with Gasteiger partial charge in [0.05, 0.1) is 12.8 Å². The zero-order chi connectivity index (χ0) is 15.9. The smallest absolute Gasteiger partial charge is 0.321 e. The van der Waals surface area contributed by atoms with Crippen LogP contribution in [0.25, 0.3) is 0 Å². The van der Waals surface area contributed by atoms with Crippen molar-refractivity contribution < 1.29 is 14.0 Å². The molecule has 0 fully saturated rings. The molecule has 1 aromatic carbocycles. The molecule has 0 bridgehead atoms. The molecule has 116 valence electrons. The van der Waals surface area contributed by atoms with E-state index in [4.69, 9.17) is 4.42 Å². The number of nitrogens with zero attached hydrogens (tertiary/aromatic N) is 1. The normalized spacial score (nSPS) is 10.1. The Morgan fingerprint density at radius 3 is 2.50 bits per heavy atom. The maximum Gasteiger partial charge on any atom is 0.321 e. The minimum atomic E-state index is -0.254. The van der Waals surface area contributed by atoms with Gasteiger partial charge in [0.25, 0.3) is 0 Å². The van der Waals surface area contributed by atoms with E-state index in [0.29, 0.717) is 30.1 Å². The highest BCUT2D eigenvalue weighted by Gasteiger charge is 2.11. The monoisotopic (exact) mass is 301 g/mol. The standard InChI is InChI=1S/C16H19N3O3/c1-3-15(20)17-12-6-4-7-13(10-12)18-16(21)19(2)11-14-8-5-9-22-14/h4-10H,3,11H2,1-2H3,(H,17,20)(H,18,21). The van der Waals surface area contributed by atoms with Gasteiger partial charge < -0.3 is 20.0 Å². The highest BCUT2D eigenvalue weighted by molar-refractivity contribution is 5.93. The second-order valence-electron chi connectivity index (χ2n) is 4.85. The van der Waals surface area contributed by atoms with Crippen LogP contribution in [0.3, 0.4) is 0 Å². The molecule has 6 nitrogen and oxygen atoms in total.